The van der Waals surface area contributed by atoms with Crippen molar-refractivity contribution in [1.29, 1.82) is 0 Å². The number of aromatic nitrogens is 4. The molecule has 0 atom stereocenters. The predicted molar refractivity (Wildman–Crippen MR) is 116 cm³/mol. The highest BCUT2D eigenvalue weighted by Crippen LogP contribution is 2.33. The number of fused-ring (bicyclic) bond motifs is 1. The number of hydrogen-bond acceptors (Lipinski definition) is 7. The lowest BCUT2D eigenvalue weighted by atomic mass is 9.93. The van der Waals surface area contributed by atoms with Crippen molar-refractivity contribution in [2.24, 2.45) is 0 Å². The van der Waals surface area contributed by atoms with Gasteiger partial charge in [0.2, 0.25) is 11.9 Å². The summed E-state index contributed by atoms with van der Waals surface area (Å²) in [6.07, 6.45) is 5.76. The highest BCUT2D eigenvalue weighted by molar-refractivity contribution is 5.76. The zero-order valence-electron chi connectivity index (χ0n) is 17.9. The number of hydrogen-bond donors (Lipinski definition) is 3. The van der Waals surface area contributed by atoms with Crippen molar-refractivity contribution < 1.29 is 23.0 Å². The lowest BCUT2D eigenvalue weighted by molar-refractivity contribution is 0.0710. The van der Waals surface area contributed by atoms with Crippen molar-refractivity contribution in [3.63, 3.8) is 0 Å². The Bertz CT molecular complexity index is 1120. The van der Waals surface area contributed by atoms with Crippen LogP contribution >= 0.6 is 0 Å². The first-order valence-electron chi connectivity index (χ1n) is 11.2. The molecule has 1 saturated heterocycles. The molecule has 3 aromatic rings. The number of rotatable bonds is 5. The molecule has 8 nitrogen and oxygen atoms in total. The summed E-state index contributed by atoms with van der Waals surface area (Å²) >= 11 is 0. The van der Waals surface area contributed by atoms with Crippen LogP contribution in [0, 0.1) is 17.5 Å². The lowest BCUT2D eigenvalue weighted by Gasteiger charge is -2.27. The molecule has 0 radical (unpaired) electrons. The smallest absolute Gasteiger partial charge is 0.224 e. The number of nitrogens with zero attached hydrogens (tertiary/aromatic N) is 4. The van der Waals surface area contributed by atoms with E-state index < -0.39 is 23.1 Å². The summed E-state index contributed by atoms with van der Waals surface area (Å²) in [5.41, 5.74) is 0.518. The Hall–Kier alpha value is -2.92. The van der Waals surface area contributed by atoms with Crippen LogP contribution in [-0.4, -0.2) is 50.0 Å². The molecule has 1 aliphatic carbocycles. The monoisotopic (exact) mass is 462 g/mol. The molecule has 1 aliphatic heterocycles. The highest BCUT2D eigenvalue weighted by Gasteiger charge is 2.26. The Kier molecular flexibility index (Phi) is 6.07. The number of aliphatic hydroxyl groups excluding tert-OH is 1. The molecule has 2 aromatic heterocycles. The van der Waals surface area contributed by atoms with Crippen molar-refractivity contribution in [3.05, 3.63) is 35.8 Å². The van der Waals surface area contributed by atoms with E-state index in [9.17, 15) is 18.3 Å². The van der Waals surface area contributed by atoms with E-state index in [4.69, 9.17) is 4.74 Å². The summed E-state index contributed by atoms with van der Waals surface area (Å²) in [7, 11) is 0. The van der Waals surface area contributed by atoms with Gasteiger partial charge in [-0.15, -0.1) is 0 Å². The predicted octanol–water partition coefficient (Wildman–Crippen LogP) is 4.05. The average molecular weight is 462 g/mol. The normalized spacial score (nSPS) is 21.9. The second kappa shape index (κ2) is 9.14. The fraction of sp³-hybridized carbons (Fsp3) is 0.500. The molecule has 2 fully saturated rings. The summed E-state index contributed by atoms with van der Waals surface area (Å²) in [4.78, 5) is 13.5. The summed E-state index contributed by atoms with van der Waals surface area (Å²) in [5.74, 6) is -2.46. The van der Waals surface area contributed by atoms with Crippen LogP contribution in [-0.2, 0) is 4.74 Å². The molecule has 3 N–H and O–H groups in total. The summed E-state index contributed by atoms with van der Waals surface area (Å²) < 4.78 is 49.3. The molecule has 33 heavy (non-hydrogen) atoms. The molecule has 11 heteroatoms. The second-order valence-electron chi connectivity index (χ2n) is 8.57. The molecule has 5 rings (SSSR count). The van der Waals surface area contributed by atoms with Gasteiger partial charge in [-0.25, -0.2) is 23.1 Å². The van der Waals surface area contributed by atoms with E-state index in [1.54, 1.807) is 6.20 Å². The number of benzene rings is 1. The topological polar surface area (TPSA) is 97.1 Å². The SMILES string of the molecule is OC1CCC(Nc2ncc3nc(Nc4c(F)cc(F)cc4F)n(C4CCOCC4)c3n2)CC1. The average Bonchev–Trinajstić information content (AvgIpc) is 3.15. The summed E-state index contributed by atoms with van der Waals surface area (Å²) in [5, 5.41) is 15.8. The van der Waals surface area contributed by atoms with Gasteiger partial charge in [0, 0.05) is 37.4 Å². The Morgan fingerprint density at radius 2 is 1.67 bits per heavy atom. The quantitative estimate of drug-likeness (QED) is 0.526. The van der Waals surface area contributed by atoms with Gasteiger partial charge in [-0.2, -0.15) is 4.98 Å². The third kappa shape index (κ3) is 4.60. The maximum atomic E-state index is 14.3. The molecule has 1 saturated carbocycles. The molecule has 3 heterocycles. The van der Waals surface area contributed by atoms with Crippen LogP contribution in [0.1, 0.15) is 44.6 Å². The second-order valence-corrected chi connectivity index (χ2v) is 8.57. The van der Waals surface area contributed by atoms with Gasteiger partial charge in [0.1, 0.15) is 17.0 Å². The Morgan fingerprint density at radius 3 is 2.36 bits per heavy atom. The van der Waals surface area contributed by atoms with Crippen LogP contribution in [0.4, 0.5) is 30.8 Å². The largest absolute Gasteiger partial charge is 0.393 e. The first-order valence-corrected chi connectivity index (χ1v) is 11.2. The van der Waals surface area contributed by atoms with Crippen molar-refractivity contribution in [3.8, 4) is 0 Å². The number of ether oxygens (including phenoxy) is 1. The maximum absolute atomic E-state index is 14.3. The minimum atomic E-state index is -1.05. The summed E-state index contributed by atoms with van der Waals surface area (Å²) in [6, 6.07) is 1.35. The fourth-order valence-corrected chi connectivity index (χ4v) is 4.51. The van der Waals surface area contributed by atoms with Crippen molar-refractivity contribution in [2.45, 2.75) is 56.7 Å². The van der Waals surface area contributed by atoms with Crippen molar-refractivity contribution in [1.82, 2.24) is 19.5 Å². The molecular formula is C22H25F3N6O2. The van der Waals surface area contributed by atoms with Gasteiger partial charge in [-0.1, -0.05) is 0 Å². The number of imidazole rings is 1. The molecule has 0 unspecified atom stereocenters. The fourth-order valence-electron chi connectivity index (χ4n) is 4.51. The lowest BCUT2D eigenvalue weighted by Crippen LogP contribution is -2.29. The van der Waals surface area contributed by atoms with Crippen LogP contribution in [0.3, 0.4) is 0 Å². The standard InChI is InChI=1S/C22H25F3N6O2/c23-12-9-16(24)19(17(25)10-12)29-22-28-18-11-26-21(27-13-1-3-15(32)4-2-13)30-20(18)31(22)14-5-7-33-8-6-14/h9-11,13-15,32H,1-8H2,(H,28,29)(H,26,27,30). The van der Waals surface area contributed by atoms with E-state index in [0.717, 1.165) is 25.7 Å². The van der Waals surface area contributed by atoms with Crippen LogP contribution in [0.5, 0.6) is 0 Å². The zero-order valence-corrected chi connectivity index (χ0v) is 17.9. The van der Waals surface area contributed by atoms with E-state index in [2.05, 4.69) is 25.6 Å². The van der Waals surface area contributed by atoms with E-state index in [1.165, 1.54) is 0 Å². The zero-order chi connectivity index (χ0) is 22.9. The van der Waals surface area contributed by atoms with Crippen molar-refractivity contribution in [2.75, 3.05) is 23.8 Å². The molecule has 2 aliphatic rings. The van der Waals surface area contributed by atoms with Crippen molar-refractivity contribution >= 4 is 28.7 Å². The van der Waals surface area contributed by atoms with E-state index in [1.807, 2.05) is 4.57 Å². The molecule has 176 valence electrons. The number of halogens is 3. The molecule has 0 spiro atoms. The van der Waals surface area contributed by atoms with E-state index in [0.29, 0.717) is 55.3 Å². The van der Waals surface area contributed by atoms with E-state index >= 15 is 0 Å². The van der Waals surface area contributed by atoms with Gasteiger partial charge in [0.05, 0.1) is 12.3 Å². The van der Waals surface area contributed by atoms with Crippen LogP contribution in [0.15, 0.2) is 18.3 Å². The van der Waals surface area contributed by atoms with Gasteiger partial charge < -0.3 is 20.5 Å². The van der Waals surface area contributed by atoms with Crippen LogP contribution < -0.4 is 10.6 Å². The number of nitrogens with one attached hydrogen (secondary N) is 2. The third-order valence-corrected chi connectivity index (χ3v) is 6.26. The Morgan fingerprint density at radius 1 is 0.970 bits per heavy atom. The van der Waals surface area contributed by atoms with Gasteiger partial charge in [-0.05, 0) is 38.5 Å². The minimum Gasteiger partial charge on any atom is -0.393 e. The van der Waals surface area contributed by atoms with Crippen LogP contribution in [0.25, 0.3) is 11.2 Å². The van der Waals surface area contributed by atoms with Gasteiger partial charge >= 0.3 is 0 Å². The number of anilines is 3. The molecular weight excluding hydrogens is 437 g/mol. The third-order valence-electron chi connectivity index (χ3n) is 6.26. The van der Waals surface area contributed by atoms with E-state index in [-0.39, 0.29) is 24.1 Å². The van der Waals surface area contributed by atoms with Gasteiger partial charge in [0.15, 0.2) is 17.3 Å². The summed E-state index contributed by atoms with van der Waals surface area (Å²) in [6.45, 7) is 1.09. The molecule has 1 aromatic carbocycles. The van der Waals surface area contributed by atoms with Gasteiger partial charge in [0.25, 0.3) is 0 Å². The first-order chi connectivity index (χ1) is 16.0. The maximum Gasteiger partial charge on any atom is 0.224 e. The molecule has 0 amide bonds. The molecule has 0 bridgehead atoms. The van der Waals surface area contributed by atoms with Gasteiger partial charge in [-0.3, -0.25) is 4.57 Å². The Balaban J connectivity index is 1.51. The first kappa shape index (κ1) is 21.9. The Labute approximate surface area is 188 Å². The minimum absolute atomic E-state index is 0.0506. The highest BCUT2D eigenvalue weighted by atomic mass is 19.1. The number of aliphatic hydroxyl groups is 1. The van der Waals surface area contributed by atoms with Crippen LogP contribution in [0.2, 0.25) is 0 Å².